The van der Waals surface area contributed by atoms with E-state index in [-0.39, 0.29) is 45.3 Å². The van der Waals surface area contributed by atoms with Crippen molar-refractivity contribution in [1.82, 2.24) is 4.72 Å². The summed E-state index contributed by atoms with van der Waals surface area (Å²) >= 11 is 0. The number of hydrogen-bond donors (Lipinski definition) is 2. The summed E-state index contributed by atoms with van der Waals surface area (Å²) in [7, 11) is -3.72. The highest BCUT2D eigenvalue weighted by atomic mass is 32.2. The van der Waals surface area contributed by atoms with Crippen molar-refractivity contribution in [2.75, 3.05) is 19.8 Å². The molecule has 9 nitrogen and oxygen atoms in total. The first-order valence-corrected chi connectivity index (χ1v) is 12.5. The molecule has 0 radical (unpaired) electrons. The van der Waals surface area contributed by atoms with Crippen LogP contribution in [0.3, 0.4) is 0 Å². The number of carbonyl (C=O) groups excluding carboxylic acids is 3. The molecule has 0 aromatic heterocycles. The summed E-state index contributed by atoms with van der Waals surface area (Å²) in [6.07, 6.45) is 1.63. The molecule has 0 fully saturated rings. The van der Waals surface area contributed by atoms with Crippen LogP contribution in [0.15, 0.2) is 76.5 Å². The zero-order chi connectivity index (χ0) is 25.2. The summed E-state index contributed by atoms with van der Waals surface area (Å²) in [5, 5.41) is 0. The molecule has 10 heteroatoms. The summed E-state index contributed by atoms with van der Waals surface area (Å²) < 4.78 is 38.3. The Morgan fingerprint density at radius 3 is 2.37 bits per heavy atom. The molecule has 4 rings (SSSR count). The van der Waals surface area contributed by atoms with Gasteiger partial charge in [-0.2, -0.15) is 0 Å². The van der Waals surface area contributed by atoms with Gasteiger partial charge in [0.05, 0.1) is 10.6 Å². The van der Waals surface area contributed by atoms with Gasteiger partial charge in [-0.15, -0.1) is 0 Å². The second-order valence-corrected chi connectivity index (χ2v) is 9.70. The van der Waals surface area contributed by atoms with E-state index in [1.54, 1.807) is 12.1 Å². The van der Waals surface area contributed by atoms with E-state index < -0.39 is 33.3 Å². The average molecular weight is 497 g/mol. The van der Waals surface area contributed by atoms with Crippen molar-refractivity contribution < 1.29 is 32.3 Å². The maximum Gasteiger partial charge on any atom is 0.240 e. The van der Waals surface area contributed by atoms with E-state index in [9.17, 15) is 22.8 Å². The number of rotatable bonds is 9. The van der Waals surface area contributed by atoms with E-state index >= 15 is 0 Å². The molecular formula is C25H24N2O7S. The van der Waals surface area contributed by atoms with Gasteiger partial charge in [0.2, 0.25) is 10.0 Å². The lowest BCUT2D eigenvalue weighted by Crippen LogP contribution is -2.39. The first kappa shape index (κ1) is 24.5. The molecule has 0 amide bonds. The maximum absolute atomic E-state index is 13.0. The number of benzene rings is 2. The fraction of sp³-hybridized carbons (Fsp3) is 0.240. The van der Waals surface area contributed by atoms with Gasteiger partial charge in [-0.05, 0) is 37.6 Å². The SMILES string of the molecule is CCOCCCNS(=O)(=O)c1ccc(OC2=CC(=O)C3C(=O)c4ccccc4C(=O)C3=C2N)cc1. The van der Waals surface area contributed by atoms with Crippen LogP contribution in [0.2, 0.25) is 0 Å². The van der Waals surface area contributed by atoms with Crippen LogP contribution in [0.25, 0.3) is 0 Å². The predicted molar refractivity (Wildman–Crippen MR) is 126 cm³/mol. The van der Waals surface area contributed by atoms with Gasteiger partial charge in [-0.1, -0.05) is 24.3 Å². The minimum Gasteiger partial charge on any atom is -0.455 e. The molecule has 35 heavy (non-hydrogen) atoms. The monoisotopic (exact) mass is 496 g/mol. The molecular weight excluding hydrogens is 472 g/mol. The van der Waals surface area contributed by atoms with Crippen LogP contribution >= 0.6 is 0 Å². The van der Waals surface area contributed by atoms with Crippen LogP contribution in [-0.4, -0.2) is 45.5 Å². The van der Waals surface area contributed by atoms with E-state index in [2.05, 4.69) is 4.72 Å². The summed E-state index contributed by atoms with van der Waals surface area (Å²) in [6.45, 7) is 3.12. The van der Waals surface area contributed by atoms with Gasteiger partial charge < -0.3 is 15.2 Å². The third kappa shape index (κ3) is 4.81. The standard InChI is InChI=1S/C25H24N2O7S/c1-2-33-13-5-12-27-35(31,32)16-10-8-15(9-11-16)34-20-14-19(28)21-22(23(20)26)25(30)18-7-4-3-6-17(18)24(21)29/h3-4,6-11,14,21,27H,2,5,12-13,26H2,1H3. The zero-order valence-electron chi connectivity index (χ0n) is 18.9. The van der Waals surface area contributed by atoms with Crippen LogP contribution < -0.4 is 15.2 Å². The summed E-state index contributed by atoms with van der Waals surface area (Å²) in [6, 6.07) is 11.8. The van der Waals surface area contributed by atoms with Gasteiger partial charge >= 0.3 is 0 Å². The molecule has 2 aromatic carbocycles. The largest absolute Gasteiger partial charge is 0.455 e. The number of nitrogens with two attached hydrogens (primary N) is 1. The van der Waals surface area contributed by atoms with Crippen LogP contribution in [0, 0.1) is 5.92 Å². The van der Waals surface area contributed by atoms with Crippen molar-refractivity contribution in [3.63, 3.8) is 0 Å². The fourth-order valence-electron chi connectivity index (χ4n) is 3.94. The number of ether oxygens (including phenoxy) is 2. The average Bonchev–Trinajstić information content (AvgIpc) is 2.84. The Hall–Kier alpha value is -3.60. The molecule has 2 aromatic rings. The van der Waals surface area contributed by atoms with Gasteiger partial charge in [0, 0.05) is 42.5 Å². The summed E-state index contributed by atoms with van der Waals surface area (Å²) in [4.78, 5) is 38.7. The van der Waals surface area contributed by atoms with Crippen molar-refractivity contribution in [2.45, 2.75) is 18.2 Å². The van der Waals surface area contributed by atoms with Gasteiger partial charge in [0.25, 0.3) is 0 Å². The molecule has 0 saturated heterocycles. The molecule has 0 saturated carbocycles. The summed E-state index contributed by atoms with van der Waals surface area (Å²) in [5.74, 6) is -2.76. The van der Waals surface area contributed by atoms with E-state index in [1.165, 1.54) is 36.4 Å². The lowest BCUT2D eigenvalue weighted by molar-refractivity contribution is -0.116. The van der Waals surface area contributed by atoms with Crippen molar-refractivity contribution in [2.24, 2.45) is 11.7 Å². The lowest BCUT2D eigenvalue weighted by atomic mass is 9.73. The van der Waals surface area contributed by atoms with Crippen LogP contribution in [0.4, 0.5) is 0 Å². The molecule has 3 N–H and O–H groups in total. The number of nitrogens with one attached hydrogen (secondary N) is 1. The van der Waals surface area contributed by atoms with Gasteiger partial charge in [-0.3, -0.25) is 14.4 Å². The quantitative estimate of drug-likeness (QED) is 0.397. The molecule has 0 spiro atoms. The predicted octanol–water partition coefficient (Wildman–Crippen LogP) is 2.15. The first-order chi connectivity index (χ1) is 16.7. The topological polar surface area (TPSA) is 142 Å². The number of carbonyl (C=O) groups is 3. The fourth-order valence-corrected chi connectivity index (χ4v) is 5.01. The Morgan fingerprint density at radius 2 is 1.69 bits per heavy atom. The Bertz CT molecular complexity index is 1360. The molecule has 0 heterocycles. The third-order valence-electron chi connectivity index (χ3n) is 5.67. The molecule has 182 valence electrons. The van der Waals surface area contributed by atoms with Crippen molar-refractivity contribution >= 4 is 27.4 Å². The van der Waals surface area contributed by atoms with Crippen molar-refractivity contribution in [3.05, 3.63) is 82.8 Å². The lowest BCUT2D eigenvalue weighted by Gasteiger charge is -2.28. The van der Waals surface area contributed by atoms with Crippen molar-refractivity contribution in [3.8, 4) is 5.75 Å². The molecule has 2 aliphatic carbocycles. The minimum atomic E-state index is -3.72. The smallest absolute Gasteiger partial charge is 0.240 e. The highest BCUT2D eigenvalue weighted by molar-refractivity contribution is 7.89. The number of hydrogen-bond acceptors (Lipinski definition) is 8. The highest BCUT2D eigenvalue weighted by Crippen LogP contribution is 2.36. The third-order valence-corrected chi connectivity index (χ3v) is 7.15. The number of ketones is 3. The number of allylic oxidation sites excluding steroid dienone is 2. The van der Waals surface area contributed by atoms with Crippen LogP contribution in [-0.2, 0) is 19.6 Å². The van der Waals surface area contributed by atoms with E-state index in [4.69, 9.17) is 15.2 Å². The van der Waals surface area contributed by atoms with Gasteiger partial charge in [-0.25, -0.2) is 13.1 Å². The van der Waals surface area contributed by atoms with Gasteiger partial charge in [0.15, 0.2) is 23.1 Å². The number of Topliss-reactive ketones (excluding diaryl/α,β-unsaturated/α-hetero) is 2. The summed E-state index contributed by atoms with van der Waals surface area (Å²) in [5.41, 5.74) is 6.35. The number of fused-ring (bicyclic) bond motifs is 2. The normalized spacial score (nSPS) is 17.7. The van der Waals surface area contributed by atoms with Crippen LogP contribution in [0.5, 0.6) is 5.75 Å². The second-order valence-electron chi connectivity index (χ2n) is 7.93. The van der Waals surface area contributed by atoms with Crippen molar-refractivity contribution in [1.29, 1.82) is 0 Å². The Morgan fingerprint density at radius 1 is 1.00 bits per heavy atom. The van der Waals surface area contributed by atoms with Crippen LogP contribution in [0.1, 0.15) is 34.1 Å². The molecule has 0 bridgehead atoms. The molecule has 1 unspecified atom stereocenters. The van der Waals surface area contributed by atoms with E-state index in [0.717, 1.165) is 6.08 Å². The molecule has 1 atom stereocenters. The molecule has 0 aliphatic heterocycles. The highest BCUT2D eigenvalue weighted by Gasteiger charge is 2.45. The van der Waals surface area contributed by atoms with E-state index in [1.807, 2.05) is 6.92 Å². The zero-order valence-corrected chi connectivity index (χ0v) is 19.8. The number of sulfonamides is 1. The second kappa shape index (κ2) is 9.95. The maximum atomic E-state index is 13.0. The molecule has 2 aliphatic rings. The Kier molecular flexibility index (Phi) is 6.97. The first-order valence-electron chi connectivity index (χ1n) is 11.0. The van der Waals surface area contributed by atoms with Gasteiger partial charge in [0.1, 0.15) is 11.7 Å². The Balaban J connectivity index is 1.53. The minimum absolute atomic E-state index is 0.0333. The van der Waals surface area contributed by atoms with E-state index in [0.29, 0.717) is 19.6 Å². The Labute approximate surface area is 202 Å².